The average molecular weight is 303 g/mol. The summed E-state index contributed by atoms with van der Waals surface area (Å²) in [6.45, 7) is 4.12. The van der Waals surface area contributed by atoms with Crippen LogP contribution in [0.25, 0.3) is 0 Å². The Balaban J connectivity index is 3.09. The van der Waals surface area contributed by atoms with Gasteiger partial charge in [-0.3, -0.25) is 4.79 Å². The van der Waals surface area contributed by atoms with Gasteiger partial charge in [-0.1, -0.05) is 0 Å². The molecule has 3 N–H and O–H groups in total. The highest BCUT2D eigenvalue weighted by atomic mass is 32.2. The fraction of sp³-hybridized carbons (Fsp3) is 0.583. The molecule has 0 radical (unpaired) electrons. The van der Waals surface area contributed by atoms with E-state index >= 15 is 0 Å². The van der Waals surface area contributed by atoms with Crippen molar-refractivity contribution in [2.45, 2.75) is 31.2 Å². The van der Waals surface area contributed by atoms with Crippen molar-refractivity contribution in [2.75, 3.05) is 13.2 Å². The summed E-state index contributed by atoms with van der Waals surface area (Å²) in [6.07, 6.45) is 1.78. The first kappa shape index (κ1) is 16.7. The van der Waals surface area contributed by atoms with Crippen LogP contribution in [0.2, 0.25) is 0 Å². The number of aromatic nitrogens is 1. The molecule has 8 heteroatoms. The van der Waals surface area contributed by atoms with Crippen LogP contribution in [0.3, 0.4) is 0 Å². The molecule has 0 spiro atoms. The van der Waals surface area contributed by atoms with Crippen molar-refractivity contribution in [1.82, 2.24) is 9.47 Å². The van der Waals surface area contributed by atoms with E-state index < -0.39 is 10.0 Å². The molecule has 0 unspecified atom stereocenters. The Bertz CT molecular complexity index is 578. The van der Waals surface area contributed by atoms with Gasteiger partial charge in [-0.25, -0.2) is 13.6 Å². The number of nitrogens with zero attached hydrogens (tertiary/aromatic N) is 2. The Morgan fingerprint density at radius 3 is 2.50 bits per heavy atom. The first-order valence-corrected chi connectivity index (χ1v) is 7.84. The number of carbonyl (C=O) groups is 1. The second kappa shape index (κ2) is 6.38. The largest absolute Gasteiger partial charge is 0.396 e. The number of hydrogen-bond donors (Lipinski definition) is 2. The molecule has 0 aliphatic carbocycles. The zero-order valence-electron chi connectivity index (χ0n) is 11.9. The summed E-state index contributed by atoms with van der Waals surface area (Å²) in [6, 6.07) is 1.22. The Morgan fingerprint density at radius 1 is 1.50 bits per heavy atom. The van der Waals surface area contributed by atoms with Crippen LogP contribution < -0.4 is 5.14 Å². The topological polar surface area (TPSA) is 106 Å². The standard InChI is InChI=1S/C12H21N3O4S/c1-9(2)15(5-4-6-16)12(17)11-7-10(8-14(11)3)20(13,18)19/h7-9,16H,4-6H2,1-3H3,(H2,13,18,19). The van der Waals surface area contributed by atoms with Gasteiger partial charge in [-0.05, 0) is 26.3 Å². The minimum Gasteiger partial charge on any atom is -0.396 e. The lowest BCUT2D eigenvalue weighted by molar-refractivity contribution is 0.0683. The van der Waals surface area contributed by atoms with Crippen LogP contribution in [-0.2, 0) is 17.1 Å². The van der Waals surface area contributed by atoms with Gasteiger partial charge in [0.1, 0.15) is 10.6 Å². The second-order valence-electron chi connectivity index (χ2n) is 4.89. The number of hydrogen-bond acceptors (Lipinski definition) is 4. The Morgan fingerprint density at radius 2 is 2.10 bits per heavy atom. The first-order valence-electron chi connectivity index (χ1n) is 6.29. The van der Waals surface area contributed by atoms with Gasteiger partial charge in [-0.15, -0.1) is 0 Å². The lowest BCUT2D eigenvalue weighted by Gasteiger charge is -2.26. The number of sulfonamides is 1. The van der Waals surface area contributed by atoms with E-state index in [2.05, 4.69) is 0 Å². The number of nitrogens with two attached hydrogens (primary N) is 1. The fourth-order valence-corrected chi connectivity index (χ4v) is 2.47. The maximum absolute atomic E-state index is 12.4. The number of aryl methyl sites for hydroxylation is 1. The molecule has 0 saturated carbocycles. The van der Waals surface area contributed by atoms with Crippen LogP contribution in [0.5, 0.6) is 0 Å². The van der Waals surface area contributed by atoms with Gasteiger partial charge in [0.2, 0.25) is 10.0 Å². The predicted octanol–water partition coefficient (Wildman–Crippen LogP) is -0.0945. The molecule has 0 saturated heterocycles. The van der Waals surface area contributed by atoms with Crippen LogP contribution in [-0.4, -0.2) is 48.1 Å². The highest BCUT2D eigenvalue weighted by Crippen LogP contribution is 2.15. The first-order chi connectivity index (χ1) is 9.18. The minimum atomic E-state index is -3.83. The van der Waals surface area contributed by atoms with E-state index in [1.807, 2.05) is 13.8 Å². The SMILES string of the molecule is CC(C)N(CCCO)C(=O)c1cc(S(N)(=O)=O)cn1C. The Kier molecular flexibility index (Phi) is 5.32. The Hall–Kier alpha value is -1.38. The van der Waals surface area contributed by atoms with Gasteiger partial charge in [0.15, 0.2) is 0 Å². The molecule has 0 aliphatic heterocycles. The molecule has 20 heavy (non-hydrogen) atoms. The van der Waals surface area contributed by atoms with E-state index in [4.69, 9.17) is 10.2 Å². The van der Waals surface area contributed by atoms with Crippen LogP contribution in [0, 0.1) is 0 Å². The average Bonchev–Trinajstić information content (AvgIpc) is 2.71. The highest BCUT2D eigenvalue weighted by Gasteiger charge is 2.23. The molecule has 0 atom stereocenters. The molecule has 1 heterocycles. The van der Waals surface area contributed by atoms with Gasteiger partial charge in [0.25, 0.3) is 5.91 Å². The maximum atomic E-state index is 12.4. The van der Waals surface area contributed by atoms with Crippen molar-refractivity contribution in [2.24, 2.45) is 12.2 Å². The number of aliphatic hydroxyl groups excluding tert-OH is 1. The molecular formula is C12H21N3O4S. The van der Waals surface area contributed by atoms with Crippen LogP contribution >= 0.6 is 0 Å². The van der Waals surface area contributed by atoms with Crippen molar-refractivity contribution in [3.63, 3.8) is 0 Å². The number of amides is 1. The minimum absolute atomic E-state index is 0.00787. The van der Waals surface area contributed by atoms with Gasteiger partial charge < -0.3 is 14.6 Å². The molecule has 114 valence electrons. The Labute approximate surface area is 119 Å². The second-order valence-corrected chi connectivity index (χ2v) is 6.45. The highest BCUT2D eigenvalue weighted by molar-refractivity contribution is 7.89. The predicted molar refractivity (Wildman–Crippen MR) is 74.7 cm³/mol. The van der Waals surface area contributed by atoms with Crippen molar-refractivity contribution < 1.29 is 18.3 Å². The molecule has 1 rings (SSSR count). The quantitative estimate of drug-likeness (QED) is 0.765. The molecule has 1 aromatic heterocycles. The van der Waals surface area contributed by atoms with E-state index in [1.54, 1.807) is 11.9 Å². The van der Waals surface area contributed by atoms with Crippen molar-refractivity contribution in [3.8, 4) is 0 Å². The maximum Gasteiger partial charge on any atom is 0.270 e. The van der Waals surface area contributed by atoms with E-state index in [0.29, 0.717) is 13.0 Å². The lowest BCUT2D eigenvalue weighted by Crippen LogP contribution is -2.38. The molecule has 0 fully saturated rings. The number of primary sulfonamides is 1. The number of carbonyl (C=O) groups excluding carboxylic acids is 1. The van der Waals surface area contributed by atoms with Crippen molar-refractivity contribution in [3.05, 3.63) is 18.0 Å². The normalized spacial score (nSPS) is 11.9. The number of rotatable bonds is 6. The summed E-state index contributed by atoms with van der Waals surface area (Å²) in [4.78, 5) is 13.9. The number of aliphatic hydroxyl groups is 1. The summed E-state index contributed by atoms with van der Waals surface area (Å²) in [5.41, 5.74) is 0.251. The summed E-state index contributed by atoms with van der Waals surface area (Å²) in [7, 11) is -2.24. The van der Waals surface area contributed by atoms with E-state index in [-0.39, 0.29) is 29.1 Å². The van der Waals surface area contributed by atoms with Gasteiger partial charge in [-0.2, -0.15) is 0 Å². The third-order valence-electron chi connectivity index (χ3n) is 2.97. The third-order valence-corrected chi connectivity index (χ3v) is 3.85. The lowest BCUT2D eigenvalue weighted by atomic mass is 10.2. The molecule has 1 amide bonds. The molecule has 0 aliphatic rings. The van der Waals surface area contributed by atoms with Gasteiger partial charge >= 0.3 is 0 Å². The zero-order valence-corrected chi connectivity index (χ0v) is 12.7. The summed E-state index contributed by atoms with van der Waals surface area (Å²) in [5, 5.41) is 13.9. The summed E-state index contributed by atoms with van der Waals surface area (Å²) < 4.78 is 24.0. The van der Waals surface area contributed by atoms with Crippen molar-refractivity contribution in [1.29, 1.82) is 0 Å². The monoisotopic (exact) mass is 303 g/mol. The summed E-state index contributed by atoms with van der Waals surface area (Å²) in [5.74, 6) is -0.286. The van der Waals surface area contributed by atoms with E-state index in [9.17, 15) is 13.2 Å². The molecular weight excluding hydrogens is 282 g/mol. The smallest absolute Gasteiger partial charge is 0.270 e. The summed E-state index contributed by atoms with van der Waals surface area (Å²) >= 11 is 0. The van der Waals surface area contributed by atoms with Gasteiger partial charge in [0.05, 0.1) is 0 Å². The zero-order chi connectivity index (χ0) is 15.5. The van der Waals surface area contributed by atoms with Crippen LogP contribution in [0.4, 0.5) is 0 Å². The van der Waals surface area contributed by atoms with Crippen molar-refractivity contribution >= 4 is 15.9 Å². The molecule has 0 bridgehead atoms. The molecule has 1 aromatic rings. The molecule has 0 aromatic carbocycles. The van der Waals surface area contributed by atoms with E-state index in [1.165, 1.54) is 16.8 Å². The third kappa shape index (κ3) is 3.81. The fourth-order valence-electron chi connectivity index (χ4n) is 1.88. The van der Waals surface area contributed by atoms with Gasteiger partial charge in [0, 0.05) is 32.4 Å². The van der Waals surface area contributed by atoms with E-state index in [0.717, 1.165) is 0 Å². The van der Waals surface area contributed by atoms with Crippen LogP contribution in [0.15, 0.2) is 17.2 Å². The molecule has 7 nitrogen and oxygen atoms in total. The van der Waals surface area contributed by atoms with Crippen LogP contribution in [0.1, 0.15) is 30.8 Å².